The average Bonchev–Trinajstić information content (AvgIpc) is 3.19. The molecule has 2 aromatic carbocycles. The zero-order chi connectivity index (χ0) is 21.3. The molecule has 5 nitrogen and oxygen atoms in total. The molecule has 2 heterocycles. The molecule has 30 heavy (non-hydrogen) atoms. The van der Waals surface area contributed by atoms with Gasteiger partial charge in [-0.1, -0.05) is 35.0 Å². The lowest BCUT2D eigenvalue weighted by molar-refractivity contribution is -0.113. The van der Waals surface area contributed by atoms with E-state index >= 15 is 0 Å². The van der Waals surface area contributed by atoms with E-state index in [9.17, 15) is 14.0 Å². The summed E-state index contributed by atoms with van der Waals surface area (Å²) in [5.74, 6) is -1.14. The number of benzene rings is 2. The number of halogens is 3. The molecule has 1 amide bonds. The molecule has 152 valence electrons. The highest BCUT2D eigenvalue weighted by atomic mass is 35.5. The van der Waals surface area contributed by atoms with Crippen molar-refractivity contribution in [2.45, 2.75) is 5.16 Å². The predicted octanol–water partition coefficient (Wildman–Crippen LogP) is 5.62. The van der Waals surface area contributed by atoms with E-state index in [1.807, 2.05) is 0 Å². The van der Waals surface area contributed by atoms with Crippen molar-refractivity contribution < 1.29 is 9.18 Å². The third kappa shape index (κ3) is 4.37. The molecule has 0 spiro atoms. The predicted molar refractivity (Wildman–Crippen MR) is 121 cm³/mol. The van der Waals surface area contributed by atoms with Gasteiger partial charge in [0, 0.05) is 10.0 Å². The summed E-state index contributed by atoms with van der Waals surface area (Å²) in [7, 11) is 0. The molecule has 0 aliphatic carbocycles. The fourth-order valence-electron chi connectivity index (χ4n) is 2.71. The standard InChI is InChI=1S/C20H12Cl2FN3O2S2/c21-11-1-4-13(5-2-11)26-19(28)18-16(7-8-29-18)25-20(26)30-10-17(27)24-15-6-3-12(22)9-14(15)23/h1-9H,10H2,(H,24,27). The molecule has 0 aliphatic heterocycles. The zero-order valence-electron chi connectivity index (χ0n) is 15.1. The van der Waals surface area contributed by atoms with E-state index in [1.165, 1.54) is 28.0 Å². The molecule has 0 bridgehead atoms. The normalized spacial score (nSPS) is 11.0. The highest BCUT2D eigenvalue weighted by Crippen LogP contribution is 2.25. The van der Waals surface area contributed by atoms with Crippen molar-refractivity contribution in [3.63, 3.8) is 0 Å². The highest BCUT2D eigenvalue weighted by Gasteiger charge is 2.16. The number of amides is 1. The van der Waals surface area contributed by atoms with Gasteiger partial charge >= 0.3 is 0 Å². The van der Waals surface area contributed by atoms with Crippen LogP contribution in [0.15, 0.2) is 63.9 Å². The minimum atomic E-state index is -0.628. The van der Waals surface area contributed by atoms with Crippen LogP contribution in [0.4, 0.5) is 10.1 Å². The summed E-state index contributed by atoms with van der Waals surface area (Å²) in [6.45, 7) is 0. The number of aromatic nitrogens is 2. The van der Waals surface area contributed by atoms with Crippen LogP contribution in [0.5, 0.6) is 0 Å². The van der Waals surface area contributed by atoms with Crippen LogP contribution in [0.25, 0.3) is 15.9 Å². The van der Waals surface area contributed by atoms with E-state index < -0.39 is 11.7 Å². The second-order valence-corrected chi connectivity index (χ2v) is 8.84. The lowest BCUT2D eigenvalue weighted by Gasteiger charge is -2.12. The number of carbonyl (C=O) groups is 1. The van der Waals surface area contributed by atoms with Crippen LogP contribution in [-0.2, 0) is 4.79 Å². The summed E-state index contributed by atoms with van der Waals surface area (Å²) in [5, 5.41) is 5.41. The first-order chi connectivity index (χ1) is 14.4. The van der Waals surface area contributed by atoms with E-state index in [-0.39, 0.29) is 22.0 Å². The van der Waals surface area contributed by atoms with E-state index in [0.29, 0.717) is 26.1 Å². The van der Waals surface area contributed by atoms with E-state index in [0.717, 1.165) is 17.8 Å². The zero-order valence-corrected chi connectivity index (χ0v) is 18.2. The summed E-state index contributed by atoms with van der Waals surface area (Å²) in [6, 6.07) is 12.5. The van der Waals surface area contributed by atoms with Gasteiger partial charge in [-0.25, -0.2) is 9.37 Å². The molecule has 2 aromatic heterocycles. The largest absolute Gasteiger partial charge is 0.323 e. The molecule has 0 saturated heterocycles. The Labute approximate surface area is 188 Å². The van der Waals surface area contributed by atoms with Gasteiger partial charge in [0.25, 0.3) is 5.56 Å². The first-order valence-corrected chi connectivity index (χ1v) is 11.2. The molecule has 4 aromatic rings. The van der Waals surface area contributed by atoms with Crippen molar-refractivity contribution in [3.05, 3.63) is 80.1 Å². The minimum Gasteiger partial charge on any atom is -0.323 e. The summed E-state index contributed by atoms with van der Waals surface area (Å²) >= 11 is 14.1. The molecule has 0 fully saturated rings. The molecule has 1 N–H and O–H groups in total. The van der Waals surface area contributed by atoms with Gasteiger partial charge in [0.05, 0.1) is 22.6 Å². The fourth-order valence-corrected chi connectivity index (χ4v) is 4.57. The first-order valence-electron chi connectivity index (χ1n) is 8.56. The number of hydrogen-bond acceptors (Lipinski definition) is 5. The SMILES string of the molecule is O=C(CSc1nc2ccsc2c(=O)n1-c1ccc(Cl)cc1)Nc1ccc(Cl)cc1F. The number of carbonyl (C=O) groups excluding carboxylic acids is 1. The number of nitrogens with one attached hydrogen (secondary N) is 1. The van der Waals surface area contributed by atoms with Crippen molar-refractivity contribution >= 4 is 68.1 Å². The number of anilines is 1. The Hall–Kier alpha value is -2.39. The van der Waals surface area contributed by atoms with Gasteiger partial charge < -0.3 is 5.32 Å². The molecule has 0 radical (unpaired) electrons. The van der Waals surface area contributed by atoms with Crippen LogP contribution < -0.4 is 10.9 Å². The van der Waals surface area contributed by atoms with Gasteiger partial charge in [-0.15, -0.1) is 11.3 Å². The Morgan fingerprint density at radius 2 is 1.87 bits per heavy atom. The first kappa shape index (κ1) is 20.9. The monoisotopic (exact) mass is 479 g/mol. The van der Waals surface area contributed by atoms with Gasteiger partial charge in [-0.3, -0.25) is 14.2 Å². The van der Waals surface area contributed by atoms with Crippen LogP contribution in [0.3, 0.4) is 0 Å². The second-order valence-electron chi connectivity index (χ2n) is 6.11. The summed E-state index contributed by atoms with van der Waals surface area (Å²) in [5.41, 5.74) is 0.936. The lowest BCUT2D eigenvalue weighted by Crippen LogP contribution is -2.22. The third-order valence-electron chi connectivity index (χ3n) is 4.07. The number of thioether (sulfide) groups is 1. The van der Waals surface area contributed by atoms with Crippen molar-refractivity contribution in [1.29, 1.82) is 0 Å². The summed E-state index contributed by atoms with van der Waals surface area (Å²) in [6.07, 6.45) is 0. The van der Waals surface area contributed by atoms with Crippen LogP contribution in [0.2, 0.25) is 10.0 Å². The molecular formula is C20H12Cl2FN3O2S2. The maximum atomic E-state index is 13.9. The molecule has 4 rings (SSSR count). The van der Waals surface area contributed by atoms with Gasteiger partial charge in [0.1, 0.15) is 10.5 Å². The van der Waals surface area contributed by atoms with E-state index in [2.05, 4.69) is 10.3 Å². The van der Waals surface area contributed by atoms with Crippen LogP contribution >= 0.6 is 46.3 Å². The maximum absolute atomic E-state index is 13.9. The topological polar surface area (TPSA) is 64.0 Å². The van der Waals surface area contributed by atoms with Crippen molar-refractivity contribution in [1.82, 2.24) is 9.55 Å². The van der Waals surface area contributed by atoms with Crippen molar-refractivity contribution in [2.24, 2.45) is 0 Å². The lowest BCUT2D eigenvalue weighted by atomic mass is 10.3. The van der Waals surface area contributed by atoms with Gasteiger partial charge in [0.2, 0.25) is 5.91 Å². The van der Waals surface area contributed by atoms with E-state index in [1.54, 1.807) is 35.7 Å². The van der Waals surface area contributed by atoms with Crippen LogP contribution in [0.1, 0.15) is 0 Å². The smallest absolute Gasteiger partial charge is 0.276 e. The Bertz CT molecular complexity index is 1310. The number of fused-ring (bicyclic) bond motifs is 1. The third-order valence-corrected chi connectivity index (χ3v) is 6.39. The number of nitrogens with zero attached hydrogens (tertiary/aromatic N) is 2. The van der Waals surface area contributed by atoms with Gasteiger partial charge in [0.15, 0.2) is 5.16 Å². The number of hydrogen-bond donors (Lipinski definition) is 1. The van der Waals surface area contributed by atoms with Crippen LogP contribution in [0, 0.1) is 5.82 Å². The van der Waals surface area contributed by atoms with Crippen LogP contribution in [-0.4, -0.2) is 21.2 Å². The molecular weight excluding hydrogens is 468 g/mol. The highest BCUT2D eigenvalue weighted by molar-refractivity contribution is 7.99. The minimum absolute atomic E-state index is 0.0290. The summed E-state index contributed by atoms with van der Waals surface area (Å²) < 4.78 is 15.9. The Morgan fingerprint density at radius 3 is 2.60 bits per heavy atom. The summed E-state index contributed by atoms with van der Waals surface area (Å²) in [4.78, 5) is 29.9. The van der Waals surface area contributed by atoms with E-state index in [4.69, 9.17) is 23.2 Å². The molecule has 10 heteroatoms. The van der Waals surface area contributed by atoms with Gasteiger partial charge in [-0.2, -0.15) is 0 Å². The molecule has 0 aliphatic rings. The Balaban J connectivity index is 1.63. The average molecular weight is 480 g/mol. The number of thiophene rings is 1. The Kier molecular flexibility index (Phi) is 6.10. The van der Waals surface area contributed by atoms with Crippen molar-refractivity contribution in [2.75, 3.05) is 11.1 Å². The maximum Gasteiger partial charge on any atom is 0.276 e. The van der Waals surface area contributed by atoms with Crippen molar-refractivity contribution in [3.8, 4) is 5.69 Å². The quantitative estimate of drug-likeness (QED) is 0.297. The Morgan fingerprint density at radius 1 is 1.13 bits per heavy atom. The fraction of sp³-hybridized carbons (Fsp3) is 0.0500. The van der Waals surface area contributed by atoms with Gasteiger partial charge in [-0.05, 0) is 53.9 Å². The second kappa shape index (κ2) is 8.77. The molecule has 0 atom stereocenters. The molecule has 0 saturated carbocycles. The number of rotatable bonds is 5. The molecule has 0 unspecified atom stereocenters.